The number of hydrogen-bond donors (Lipinski definition) is 0. The predicted octanol–water partition coefficient (Wildman–Crippen LogP) is 0.559. The van der Waals surface area contributed by atoms with Crippen molar-refractivity contribution in [2.45, 2.75) is 32.6 Å². The van der Waals surface area contributed by atoms with Crippen molar-refractivity contribution in [3.05, 3.63) is 0 Å². The second kappa shape index (κ2) is 7.25. The first-order chi connectivity index (χ1) is 5.95. The lowest BCUT2D eigenvalue weighted by molar-refractivity contribution is -0.126. The topological polar surface area (TPSA) is 18.5 Å². The third kappa shape index (κ3) is 6.26. The average molecular weight is 168 g/mol. The van der Waals surface area contributed by atoms with E-state index in [1.165, 1.54) is 0 Å². The predicted molar refractivity (Wildman–Crippen MR) is 46.4 cm³/mol. The highest BCUT2D eigenvalue weighted by Crippen LogP contribution is 1.95. The van der Waals surface area contributed by atoms with Gasteiger partial charge in [0.15, 0.2) is 6.29 Å². The van der Waals surface area contributed by atoms with Crippen molar-refractivity contribution in [2.24, 2.45) is 0 Å². The normalized spacial score (nSPS) is 19.2. The van der Waals surface area contributed by atoms with Gasteiger partial charge in [-0.05, 0) is 20.3 Å². The molecule has 0 aliphatic rings. The third-order valence-electron chi connectivity index (χ3n) is 1.08. The lowest BCUT2D eigenvalue weighted by atomic mass is 10.5. The van der Waals surface area contributed by atoms with E-state index in [0.29, 0.717) is 25.7 Å². The lowest BCUT2D eigenvalue weighted by Gasteiger charge is -2.11. The smallest absolute Gasteiger partial charge is 0.154 e. The molecular formula is C7H18O2Si. The second-order valence-electron chi connectivity index (χ2n) is 2.00. The van der Waals surface area contributed by atoms with Crippen LogP contribution in [0.1, 0.15) is 20.3 Å². The molecule has 2 nitrogen and oxygen atoms in total. The fourth-order valence-electron chi connectivity index (χ4n) is 0.604. The molecule has 0 saturated heterocycles. The molecule has 0 aliphatic heterocycles. The minimum absolute atomic E-state index is 0.219. The number of rotatable bonds is 7. The van der Waals surface area contributed by atoms with Gasteiger partial charge in [0, 0.05) is 27.0 Å². The molecule has 0 heterocycles. The summed E-state index contributed by atoms with van der Waals surface area (Å²) in [5.41, 5.74) is 0. The van der Waals surface area contributed by atoms with E-state index in [9.17, 15) is 0 Å². The Morgan fingerprint density at radius 1 is 1.60 bits per heavy atom. The van der Waals surface area contributed by atoms with Crippen LogP contribution in [0.4, 0.5) is 0 Å². The van der Waals surface area contributed by atoms with E-state index in [4.69, 9.17) is 13.2 Å². The van der Waals surface area contributed by atoms with Crippen LogP contribution >= 0.6 is 0 Å². The highest BCUT2D eigenvalue weighted by atomic mass is 28.1. The van der Waals surface area contributed by atoms with Gasteiger partial charge in [0.2, 0.25) is 0 Å². The highest BCUT2D eigenvalue weighted by molar-refractivity contribution is 6.08. The molecule has 0 radical (unpaired) electrons. The Kier molecular flexibility index (Phi) is 4.16. The van der Waals surface area contributed by atoms with Gasteiger partial charge in [-0.15, -0.1) is 0 Å². The van der Waals surface area contributed by atoms with Crippen molar-refractivity contribution in [1.82, 2.24) is 0 Å². The largest absolute Gasteiger partial charge is 0.353 e. The summed E-state index contributed by atoms with van der Waals surface area (Å²) in [6, 6.07) is 0.339. The van der Waals surface area contributed by atoms with Crippen LogP contribution in [0.15, 0.2) is 0 Å². The summed E-state index contributed by atoms with van der Waals surface area (Å²) in [4.78, 5) is 0. The maximum atomic E-state index is 7.08. The van der Waals surface area contributed by atoms with Gasteiger partial charge in [0.05, 0.1) is 0 Å². The molecule has 0 aromatic rings. The molecule has 0 amide bonds. The Morgan fingerprint density at radius 2 is 2.40 bits per heavy atom. The molecule has 0 rings (SSSR count). The summed E-state index contributed by atoms with van der Waals surface area (Å²) < 4.78 is 31.6. The van der Waals surface area contributed by atoms with Crippen molar-refractivity contribution in [3.8, 4) is 0 Å². The van der Waals surface area contributed by atoms with Crippen molar-refractivity contribution in [3.63, 3.8) is 0 Å². The van der Waals surface area contributed by atoms with Crippen LogP contribution in [0.2, 0.25) is 6.04 Å². The zero-order valence-corrected chi connectivity index (χ0v) is 7.72. The molecular weight excluding hydrogens is 144 g/mol. The molecule has 0 aromatic carbocycles. The maximum absolute atomic E-state index is 7.08. The summed E-state index contributed by atoms with van der Waals surface area (Å²) >= 11 is 0. The van der Waals surface area contributed by atoms with Gasteiger partial charge in [-0.1, -0.05) is 6.04 Å². The Labute approximate surface area is 70.0 Å². The summed E-state index contributed by atoms with van der Waals surface area (Å²) in [5.74, 6) is 0. The van der Waals surface area contributed by atoms with Crippen LogP contribution in [0.25, 0.3) is 0 Å². The molecule has 0 N–H and O–H groups in total. The molecule has 0 aromatic heterocycles. The quantitative estimate of drug-likeness (QED) is 0.314. The Balaban J connectivity index is 3.25. The number of ether oxygens (including phenoxy) is 2. The van der Waals surface area contributed by atoms with E-state index >= 15 is 0 Å². The minimum Gasteiger partial charge on any atom is -0.353 e. The average Bonchev–Trinajstić information content (AvgIpc) is 1.97. The molecule has 0 spiro atoms. The van der Waals surface area contributed by atoms with Crippen molar-refractivity contribution in [2.75, 3.05) is 13.2 Å². The maximum Gasteiger partial charge on any atom is 0.154 e. The fourth-order valence-corrected chi connectivity index (χ4v) is 0.749. The highest BCUT2D eigenvalue weighted by Gasteiger charge is 1.97. The SMILES string of the molecule is [3H][Si]([3H])([3H])CCCOC(C)OCC. The van der Waals surface area contributed by atoms with E-state index in [1.807, 2.05) is 13.8 Å². The van der Waals surface area contributed by atoms with E-state index < -0.39 is 10.0 Å². The van der Waals surface area contributed by atoms with Gasteiger partial charge in [-0.2, -0.15) is 0 Å². The third-order valence-corrected chi connectivity index (χ3v) is 1.43. The van der Waals surface area contributed by atoms with Crippen LogP contribution in [-0.2, 0) is 9.47 Å². The van der Waals surface area contributed by atoms with E-state index in [2.05, 4.69) is 0 Å². The molecule has 0 fully saturated rings. The molecule has 0 aliphatic carbocycles. The van der Waals surface area contributed by atoms with Gasteiger partial charge in [-0.25, -0.2) is 0 Å². The van der Waals surface area contributed by atoms with Gasteiger partial charge < -0.3 is 9.47 Å². The van der Waals surface area contributed by atoms with Crippen LogP contribution < -0.4 is 0 Å². The van der Waals surface area contributed by atoms with Gasteiger partial charge >= 0.3 is 0 Å². The molecule has 1 atom stereocenters. The summed E-state index contributed by atoms with van der Waals surface area (Å²) in [6.45, 7) is 4.81. The fraction of sp³-hybridized carbons (Fsp3) is 1.00. The van der Waals surface area contributed by atoms with E-state index in [-0.39, 0.29) is 6.29 Å². The zero-order valence-electron chi connectivity index (χ0n) is 9.72. The van der Waals surface area contributed by atoms with Crippen LogP contribution in [-0.4, -0.2) is 33.2 Å². The second-order valence-corrected chi connectivity index (χ2v) is 2.50. The summed E-state index contributed by atoms with van der Waals surface area (Å²) in [6.07, 6.45) is 0.392. The Hall–Kier alpha value is 0.137. The first kappa shape index (κ1) is 5.74. The molecule has 3 heteroatoms. The minimum atomic E-state index is -3.12. The molecule has 0 saturated carbocycles. The van der Waals surface area contributed by atoms with Crippen LogP contribution in [0.5, 0.6) is 0 Å². The van der Waals surface area contributed by atoms with Gasteiger partial charge in [-0.3, -0.25) is 0 Å². The summed E-state index contributed by atoms with van der Waals surface area (Å²) in [7, 11) is -3.12. The summed E-state index contributed by atoms with van der Waals surface area (Å²) in [5, 5.41) is 0. The molecule has 0 bridgehead atoms. The first-order valence-corrected chi connectivity index (χ1v) is 4.39. The van der Waals surface area contributed by atoms with Gasteiger partial charge in [0.1, 0.15) is 0 Å². The molecule has 62 valence electrons. The molecule has 1 unspecified atom stereocenters. The molecule has 10 heavy (non-hydrogen) atoms. The van der Waals surface area contributed by atoms with E-state index in [0.717, 1.165) is 0 Å². The van der Waals surface area contributed by atoms with Crippen molar-refractivity contribution < 1.29 is 9.47 Å². The van der Waals surface area contributed by atoms with Crippen LogP contribution in [0.3, 0.4) is 0 Å². The van der Waals surface area contributed by atoms with Crippen molar-refractivity contribution in [1.29, 1.82) is 3.70 Å². The Bertz CT molecular complexity index is 129. The number of hydrogen-bond acceptors (Lipinski definition) is 2. The van der Waals surface area contributed by atoms with E-state index in [1.54, 1.807) is 0 Å². The lowest BCUT2D eigenvalue weighted by Crippen LogP contribution is -2.13. The monoisotopic (exact) mass is 168 g/mol. The first-order valence-electron chi connectivity index (χ1n) is 5.19. The Morgan fingerprint density at radius 3 is 3.00 bits per heavy atom. The van der Waals surface area contributed by atoms with Gasteiger partial charge in [0.25, 0.3) is 0 Å². The zero-order chi connectivity index (χ0) is 10.3. The standard InChI is InChI=1S/C7H18O2Si/c1-3-8-7(2)9-5-4-6-10/h7H,3-6H2,1-2,10H3/i10T3. The van der Waals surface area contributed by atoms with Crippen LogP contribution in [0, 0.1) is 0 Å². The van der Waals surface area contributed by atoms with Crippen molar-refractivity contribution >= 4 is 10.0 Å².